The predicted octanol–water partition coefficient (Wildman–Crippen LogP) is -2.79. The molecule has 0 aliphatic carbocycles. The maximum absolute atomic E-state index is 9.36. The number of quaternary nitrogens is 1. The van der Waals surface area contributed by atoms with Gasteiger partial charge < -0.3 is 22.8 Å². The highest BCUT2D eigenvalue weighted by molar-refractivity contribution is 5.03. The Morgan fingerprint density at radius 3 is 2.77 bits per heavy atom. The van der Waals surface area contributed by atoms with Crippen LogP contribution in [-0.2, 0) is 0 Å². The lowest BCUT2D eigenvalue weighted by Gasteiger charge is -2.21. The van der Waals surface area contributed by atoms with Crippen molar-refractivity contribution in [2.24, 2.45) is 0 Å². The van der Waals surface area contributed by atoms with E-state index in [1.807, 2.05) is 19.1 Å². The topological polar surface area (TPSA) is 36.8 Å². The molecule has 1 heterocycles. The first-order valence-corrected chi connectivity index (χ1v) is 4.64. The Morgan fingerprint density at radius 2 is 2.15 bits per heavy atom. The average Bonchev–Trinajstić information content (AvgIpc) is 2.05. The van der Waals surface area contributed by atoms with Gasteiger partial charge in [-0.3, -0.25) is 0 Å². The van der Waals surface area contributed by atoms with Crippen molar-refractivity contribution >= 4 is 0 Å². The molecule has 1 aliphatic rings. The van der Waals surface area contributed by atoms with Crippen molar-refractivity contribution < 1.29 is 22.8 Å². The Kier molecular flexibility index (Phi) is 6.96. The van der Waals surface area contributed by atoms with Crippen molar-refractivity contribution in [2.75, 3.05) is 6.54 Å². The molecule has 0 aromatic rings. The van der Waals surface area contributed by atoms with Gasteiger partial charge in [0.2, 0.25) is 0 Å². The molecule has 1 aliphatic heterocycles. The highest BCUT2D eigenvalue weighted by Gasteiger charge is 2.19. The van der Waals surface area contributed by atoms with Crippen molar-refractivity contribution in [1.82, 2.24) is 0 Å². The molecular formula is C10H18ClNO. The van der Waals surface area contributed by atoms with Crippen LogP contribution in [0.5, 0.6) is 0 Å². The Morgan fingerprint density at radius 1 is 1.38 bits per heavy atom. The van der Waals surface area contributed by atoms with Gasteiger partial charge in [0.1, 0.15) is 6.04 Å². The van der Waals surface area contributed by atoms with E-state index in [1.54, 1.807) is 0 Å². The molecule has 1 fully saturated rings. The molecular weight excluding hydrogens is 186 g/mol. The van der Waals surface area contributed by atoms with E-state index in [0.29, 0.717) is 6.04 Å². The normalized spacial score (nSPS) is 29.4. The number of rotatable bonds is 2. The third kappa shape index (κ3) is 5.09. The van der Waals surface area contributed by atoms with Gasteiger partial charge in [0, 0.05) is 12.8 Å². The van der Waals surface area contributed by atoms with Crippen LogP contribution >= 0.6 is 0 Å². The number of allylic oxidation sites excluding steroid dienone is 3. The first-order valence-electron chi connectivity index (χ1n) is 4.64. The highest BCUT2D eigenvalue weighted by atomic mass is 35.5. The number of aliphatic hydroxyl groups is 1. The van der Waals surface area contributed by atoms with Gasteiger partial charge in [-0.25, -0.2) is 0 Å². The van der Waals surface area contributed by atoms with Crippen molar-refractivity contribution in [3.05, 3.63) is 24.3 Å². The summed E-state index contributed by atoms with van der Waals surface area (Å²) < 4.78 is 0. The molecule has 0 spiro atoms. The summed E-state index contributed by atoms with van der Waals surface area (Å²) in [5, 5.41) is 11.6. The van der Waals surface area contributed by atoms with Gasteiger partial charge in [0.15, 0.2) is 0 Å². The molecule has 0 unspecified atom stereocenters. The number of piperidine rings is 1. The molecule has 0 amide bonds. The average molecular weight is 204 g/mol. The minimum atomic E-state index is -0.0877. The first kappa shape index (κ1) is 12.7. The van der Waals surface area contributed by atoms with Crippen LogP contribution in [0.25, 0.3) is 0 Å². The van der Waals surface area contributed by atoms with E-state index in [4.69, 9.17) is 0 Å². The summed E-state index contributed by atoms with van der Waals surface area (Å²) in [6, 6.07) is 0.477. The largest absolute Gasteiger partial charge is 1.00 e. The second kappa shape index (κ2) is 7.13. The predicted molar refractivity (Wildman–Crippen MR) is 49.8 cm³/mol. The standard InChI is InChI=1S/C10H17NO.ClH/c1-2-3-4-5-9-8-10(12)6-7-11-9;/h2-5,9-12H,6-8H2,1H3;1H/b3-2+,5-4+;/t9-,10+;/m1./s1. The monoisotopic (exact) mass is 203 g/mol. The number of nitrogens with two attached hydrogens (primary N) is 1. The minimum Gasteiger partial charge on any atom is -1.00 e. The molecule has 2 atom stereocenters. The summed E-state index contributed by atoms with van der Waals surface area (Å²) in [6.45, 7) is 3.05. The summed E-state index contributed by atoms with van der Waals surface area (Å²) in [5.74, 6) is 0. The van der Waals surface area contributed by atoms with E-state index in [0.717, 1.165) is 19.4 Å². The second-order valence-electron chi connectivity index (χ2n) is 3.28. The van der Waals surface area contributed by atoms with Crippen molar-refractivity contribution in [3.63, 3.8) is 0 Å². The lowest BCUT2D eigenvalue weighted by molar-refractivity contribution is -0.689. The second-order valence-corrected chi connectivity index (χ2v) is 3.28. The summed E-state index contributed by atoms with van der Waals surface area (Å²) in [4.78, 5) is 0. The van der Waals surface area contributed by atoms with Gasteiger partial charge in [0.05, 0.1) is 12.6 Å². The van der Waals surface area contributed by atoms with Crippen LogP contribution in [0.15, 0.2) is 24.3 Å². The number of hydrogen-bond donors (Lipinski definition) is 2. The Balaban J connectivity index is 0.00000144. The number of hydrogen-bond acceptors (Lipinski definition) is 1. The maximum Gasteiger partial charge on any atom is 0.107 e. The van der Waals surface area contributed by atoms with Crippen LogP contribution in [0.2, 0.25) is 0 Å². The summed E-state index contributed by atoms with van der Waals surface area (Å²) in [7, 11) is 0. The van der Waals surface area contributed by atoms with Gasteiger partial charge in [0.25, 0.3) is 0 Å². The van der Waals surface area contributed by atoms with Crippen molar-refractivity contribution in [1.29, 1.82) is 0 Å². The highest BCUT2D eigenvalue weighted by Crippen LogP contribution is 2.03. The van der Waals surface area contributed by atoms with E-state index >= 15 is 0 Å². The molecule has 1 saturated heterocycles. The third-order valence-electron chi connectivity index (χ3n) is 2.18. The van der Waals surface area contributed by atoms with E-state index < -0.39 is 0 Å². The van der Waals surface area contributed by atoms with Gasteiger partial charge in [-0.15, -0.1) is 0 Å². The Hall–Kier alpha value is -0.310. The summed E-state index contributed by atoms with van der Waals surface area (Å²) in [5.41, 5.74) is 0. The van der Waals surface area contributed by atoms with Gasteiger partial charge in [-0.2, -0.15) is 0 Å². The smallest absolute Gasteiger partial charge is 0.107 e. The van der Waals surface area contributed by atoms with E-state index in [1.165, 1.54) is 0 Å². The van der Waals surface area contributed by atoms with Gasteiger partial charge in [-0.05, 0) is 13.0 Å². The van der Waals surface area contributed by atoms with E-state index in [-0.39, 0.29) is 18.5 Å². The molecule has 0 radical (unpaired) electrons. The van der Waals surface area contributed by atoms with Crippen LogP contribution in [0.3, 0.4) is 0 Å². The van der Waals surface area contributed by atoms with Crippen LogP contribution in [0.4, 0.5) is 0 Å². The molecule has 3 N–H and O–H groups in total. The quantitative estimate of drug-likeness (QED) is 0.468. The molecule has 0 aromatic carbocycles. The fraction of sp³-hybridized carbons (Fsp3) is 0.600. The van der Waals surface area contributed by atoms with Crippen molar-refractivity contribution in [3.8, 4) is 0 Å². The molecule has 13 heavy (non-hydrogen) atoms. The third-order valence-corrected chi connectivity index (χ3v) is 2.18. The van der Waals surface area contributed by atoms with Crippen LogP contribution in [0, 0.1) is 0 Å². The Bertz CT molecular complexity index is 180. The van der Waals surface area contributed by atoms with Crippen LogP contribution < -0.4 is 17.7 Å². The first-order chi connectivity index (χ1) is 5.83. The maximum atomic E-state index is 9.36. The molecule has 2 nitrogen and oxygen atoms in total. The number of aliphatic hydroxyl groups excluding tert-OH is 1. The fourth-order valence-electron chi connectivity index (χ4n) is 1.51. The summed E-state index contributed by atoms with van der Waals surface area (Å²) >= 11 is 0. The van der Waals surface area contributed by atoms with Gasteiger partial charge >= 0.3 is 0 Å². The zero-order chi connectivity index (χ0) is 8.81. The lowest BCUT2D eigenvalue weighted by Crippen LogP contribution is -3.00. The number of halogens is 1. The molecule has 3 heteroatoms. The van der Waals surface area contributed by atoms with Crippen LogP contribution in [-0.4, -0.2) is 23.8 Å². The van der Waals surface area contributed by atoms with Gasteiger partial charge in [-0.1, -0.05) is 18.2 Å². The molecule has 0 bridgehead atoms. The minimum absolute atomic E-state index is 0. The van der Waals surface area contributed by atoms with Crippen LogP contribution in [0.1, 0.15) is 19.8 Å². The van der Waals surface area contributed by atoms with E-state index in [9.17, 15) is 5.11 Å². The lowest BCUT2D eigenvalue weighted by atomic mass is 10.0. The zero-order valence-electron chi connectivity index (χ0n) is 7.99. The Labute approximate surface area is 86.1 Å². The molecule has 76 valence electrons. The van der Waals surface area contributed by atoms with Crippen molar-refractivity contribution in [2.45, 2.75) is 31.9 Å². The molecule has 0 aromatic heterocycles. The van der Waals surface area contributed by atoms with E-state index in [2.05, 4.69) is 17.5 Å². The SMILES string of the molecule is C/C=C/C=C/[C@@H]1C[C@@H](O)CC[NH2+]1.[Cl-]. The molecule has 1 rings (SSSR count). The fourth-order valence-corrected chi connectivity index (χ4v) is 1.51. The summed E-state index contributed by atoms with van der Waals surface area (Å²) in [6.07, 6.45) is 9.99. The molecule has 0 saturated carbocycles. The zero-order valence-corrected chi connectivity index (χ0v) is 8.74.